The molecule has 1 aromatic rings. The molecule has 3 N–H and O–H groups in total. The number of hydrogen-bond acceptors (Lipinski definition) is 4. The molecule has 0 saturated carbocycles. The quantitative estimate of drug-likeness (QED) is 0.729. The van der Waals surface area contributed by atoms with Crippen LogP contribution in [0.5, 0.6) is 11.5 Å². The molecular formula is C11H12N2O3. The number of benzene rings is 1. The van der Waals surface area contributed by atoms with Gasteiger partial charge in [0.1, 0.15) is 5.75 Å². The van der Waals surface area contributed by atoms with Gasteiger partial charge in [-0.1, -0.05) is 6.58 Å². The van der Waals surface area contributed by atoms with Gasteiger partial charge in [0.25, 0.3) is 5.91 Å². The lowest BCUT2D eigenvalue weighted by molar-refractivity contribution is -0.115. The Hall–Kier alpha value is -2.01. The molecule has 84 valence electrons. The maximum atomic E-state index is 11.4. The number of nitrogens with two attached hydrogens (primary N) is 1. The van der Waals surface area contributed by atoms with Crippen molar-refractivity contribution >= 4 is 11.6 Å². The van der Waals surface area contributed by atoms with Crippen LogP contribution in [0.1, 0.15) is 5.56 Å². The van der Waals surface area contributed by atoms with E-state index in [1.807, 2.05) is 0 Å². The van der Waals surface area contributed by atoms with Gasteiger partial charge in [0.05, 0.1) is 12.8 Å². The van der Waals surface area contributed by atoms with Crippen molar-refractivity contribution in [3.05, 3.63) is 30.0 Å². The Balaban J connectivity index is 2.54. The second-order valence-corrected chi connectivity index (χ2v) is 3.34. The standard InChI is InChI=1S/C11H12N2O3/c1-6-11(14)13-10-7(5-12)3-8(15-2)4-9(10)16-6/h3-4H,1,5,12H2,2H3,(H,13,14). The second-order valence-electron chi connectivity index (χ2n) is 3.34. The number of nitrogens with one attached hydrogen (secondary N) is 1. The van der Waals surface area contributed by atoms with E-state index in [2.05, 4.69) is 11.9 Å². The first kappa shape index (κ1) is 10.5. The molecule has 5 heteroatoms. The van der Waals surface area contributed by atoms with Gasteiger partial charge in [0, 0.05) is 12.6 Å². The van der Waals surface area contributed by atoms with E-state index in [0.717, 1.165) is 5.56 Å². The van der Waals surface area contributed by atoms with Gasteiger partial charge in [-0.25, -0.2) is 0 Å². The molecule has 0 saturated heterocycles. The van der Waals surface area contributed by atoms with Crippen LogP contribution in [0.4, 0.5) is 5.69 Å². The summed E-state index contributed by atoms with van der Waals surface area (Å²) in [6, 6.07) is 3.44. The summed E-state index contributed by atoms with van der Waals surface area (Å²) < 4.78 is 10.4. The summed E-state index contributed by atoms with van der Waals surface area (Å²) >= 11 is 0. The van der Waals surface area contributed by atoms with Crippen molar-refractivity contribution in [1.29, 1.82) is 0 Å². The van der Waals surface area contributed by atoms with E-state index in [4.69, 9.17) is 15.2 Å². The highest BCUT2D eigenvalue weighted by atomic mass is 16.5. The number of methoxy groups -OCH3 is 1. The largest absolute Gasteiger partial charge is 0.497 e. The first-order chi connectivity index (χ1) is 7.65. The molecule has 1 aromatic carbocycles. The molecule has 0 aromatic heterocycles. The van der Waals surface area contributed by atoms with E-state index >= 15 is 0 Å². The van der Waals surface area contributed by atoms with Crippen LogP contribution in [0.2, 0.25) is 0 Å². The lowest BCUT2D eigenvalue weighted by Crippen LogP contribution is -2.24. The van der Waals surface area contributed by atoms with Crippen molar-refractivity contribution in [2.75, 3.05) is 12.4 Å². The maximum absolute atomic E-state index is 11.4. The highest BCUT2D eigenvalue weighted by Gasteiger charge is 2.23. The molecule has 5 nitrogen and oxygen atoms in total. The molecule has 0 aliphatic carbocycles. The SMILES string of the molecule is C=C1Oc2cc(OC)cc(CN)c2NC1=O. The van der Waals surface area contributed by atoms with Gasteiger partial charge in [-0.2, -0.15) is 0 Å². The number of rotatable bonds is 2. The smallest absolute Gasteiger partial charge is 0.290 e. The summed E-state index contributed by atoms with van der Waals surface area (Å²) in [5.74, 6) is 0.837. The Morgan fingerprint density at radius 2 is 2.31 bits per heavy atom. The fourth-order valence-electron chi connectivity index (χ4n) is 1.51. The van der Waals surface area contributed by atoms with E-state index in [1.54, 1.807) is 19.2 Å². The van der Waals surface area contributed by atoms with Crippen molar-refractivity contribution in [3.63, 3.8) is 0 Å². The second kappa shape index (κ2) is 3.86. The van der Waals surface area contributed by atoms with Crippen molar-refractivity contribution in [1.82, 2.24) is 0 Å². The summed E-state index contributed by atoms with van der Waals surface area (Å²) in [6.07, 6.45) is 0. The van der Waals surface area contributed by atoms with Crippen LogP contribution in [0.25, 0.3) is 0 Å². The van der Waals surface area contributed by atoms with Gasteiger partial charge in [-0.3, -0.25) is 4.79 Å². The molecule has 0 radical (unpaired) electrons. The molecule has 1 amide bonds. The van der Waals surface area contributed by atoms with Gasteiger partial charge in [-0.15, -0.1) is 0 Å². The minimum absolute atomic E-state index is 0.0590. The van der Waals surface area contributed by atoms with E-state index in [9.17, 15) is 4.79 Å². The van der Waals surface area contributed by atoms with E-state index in [1.165, 1.54) is 0 Å². The number of carbonyl (C=O) groups is 1. The van der Waals surface area contributed by atoms with Crippen LogP contribution in [0, 0.1) is 0 Å². The zero-order valence-corrected chi connectivity index (χ0v) is 8.87. The Kier molecular flexibility index (Phi) is 2.54. The summed E-state index contributed by atoms with van der Waals surface area (Å²) in [5, 5.41) is 2.68. The topological polar surface area (TPSA) is 73.6 Å². The van der Waals surface area contributed by atoms with E-state index in [0.29, 0.717) is 17.2 Å². The zero-order valence-electron chi connectivity index (χ0n) is 8.87. The Morgan fingerprint density at radius 3 is 2.94 bits per heavy atom. The molecule has 0 atom stereocenters. The van der Waals surface area contributed by atoms with Crippen LogP contribution >= 0.6 is 0 Å². The third kappa shape index (κ3) is 1.61. The molecule has 0 spiro atoms. The number of carbonyl (C=O) groups excluding carboxylic acids is 1. The predicted octanol–water partition coefficient (Wildman–Crippen LogP) is 0.998. The highest BCUT2D eigenvalue weighted by Crippen LogP contribution is 2.37. The lowest BCUT2D eigenvalue weighted by Gasteiger charge is -2.22. The van der Waals surface area contributed by atoms with Gasteiger partial charge in [0.2, 0.25) is 0 Å². The van der Waals surface area contributed by atoms with Crippen molar-refractivity contribution in [2.24, 2.45) is 5.73 Å². The fraction of sp³-hybridized carbons (Fsp3) is 0.182. The Labute approximate surface area is 92.8 Å². The third-order valence-electron chi connectivity index (χ3n) is 2.34. The Morgan fingerprint density at radius 1 is 1.56 bits per heavy atom. The van der Waals surface area contributed by atoms with Crippen molar-refractivity contribution in [3.8, 4) is 11.5 Å². The van der Waals surface area contributed by atoms with Gasteiger partial charge < -0.3 is 20.5 Å². The van der Waals surface area contributed by atoms with Crippen LogP contribution in [0.15, 0.2) is 24.5 Å². The fourth-order valence-corrected chi connectivity index (χ4v) is 1.51. The van der Waals surface area contributed by atoms with Crippen LogP contribution in [0.3, 0.4) is 0 Å². The molecule has 16 heavy (non-hydrogen) atoms. The number of ether oxygens (including phenoxy) is 2. The summed E-state index contributed by atoms with van der Waals surface area (Å²) in [5.41, 5.74) is 6.94. The van der Waals surface area contributed by atoms with Gasteiger partial charge in [-0.05, 0) is 11.6 Å². The molecule has 1 heterocycles. The molecule has 0 bridgehead atoms. The summed E-state index contributed by atoms with van der Waals surface area (Å²) in [6.45, 7) is 3.79. The van der Waals surface area contributed by atoms with Crippen LogP contribution < -0.4 is 20.5 Å². The highest BCUT2D eigenvalue weighted by molar-refractivity contribution is 6.05. The first-order valence-electron chi connectivity index (χ1n) is 4.74. The van der Waals surface area contributed by atoms with Crippen molar-refractivity contribution < 1.29 is 14.3 Å². The van der Waals surface area contributed by atoms with Gasteiger partial charge >= 0.3 is 0 Å². The minimum atomic E-state index is -0.354. The monoisotopic (exact) mass is 220 g/mol. The average molecular weight is 220 g/mol. The molecule has 2 rings (SSSR count). The number of fused-ring (bicyclic) bond motifs is 1. The van der Waals surface area contributed by atoms with Crippen molar-refractivity contribution in [2.45, 2.75) is 6.54 Å². The molecule has 0 unspecified atom stereocenters. The number of anilines is 1. The third-order valence-corrected chi connectivity index (χ3v) is 2.34. The zero-order chi connectivity index (χ0) is 11.7. The summed E-state index contributed by atoms with van der Waals surface area (Å²) in [7, 11) is 1.55. The lowest BCUT2D eigenvalue weighted by atomic mass is 10.1. The van der Waals surface area contributed by atoms with E-state index < -0.39 is 0 Å². The normalized spacial score (nSPS) is 13.9. The van der Waals surface area contributed by atoms with Crippen LogP contribution in [-0.4, -0.2) is 13.0 Å². The average Bonchev–Trinajstić information content (AvgIpc) is 2.29. The van der Waals surface area contributed by atoms with E-state index in [-0.39, 0.29) is 18.2 Å². The molecular weight excluding hydrogens is 208 g/mol. The number of amides is 1. The Bertz CT molecular complexity index is 469. The molecule has 1 aliphatic rings. The predicted molar refractivity (Wildman–Crippen MR) is 59.3 cm³/mol. The molecule has 1 aliphatic heterocycles. The maximum Gasteiger partial charge on any atom is 0.290 e. The van der Waals surface area contributed by atoms with Gasteiger partial charge in [0.15, 0.2) is 11.5 Å². The molecule has 0 fully saturated rings. The summed E-state index contributed by atoms with van der Waals surface area (Å²) in [4.78, 5) is 11.4. The van der Waals surface area contributed by atoms with Crippen LogP contribution in [-0.2, 0) is 11.3 Å². The minimum Gasteiger partial charge on any atom is -0.497 e. The first-order valence-corrected chi connectivity index (χ1v) is 4.74. The number of hydrogen-bond donors (Lipinski definition) is 2.